The van der Waals surface area contributed by atoms with E-state index in [2.05, 4.69) is 31.3 Å². The van der Waals surface area contributed by atoms with Crippen LogP contribution < -0.4 is 10.1 Å². The summed E-state index contributed by atoms with van der Waals surface area (Å²) >= 11 is 0. The van der Waals surface area contributed by atoms with Gasteiger partial charge in [-0.15, -0.1) is 0 Å². The predicted octanol–water partition coefficient (Wildman–Crippen LogP) is 3.41. The molecule has 0 aliphatic rings. The van der Waals surface area contributed by atoms with Gasteiger partial charge in [-0.25, -0.2) is 0 Å². The molecular weight excluding hydrogens is 238 g/mol. The smallest absolute Gasteiger partial charge is 0.124 e. The quantitative estimate of drug-likeness (QED) is 0.694. The minimum Gasteiger partial charge on any atom is -0.491 e. The summed E-state index contributed by atoms with van der Waals surface area (Å²) in [6.45, 7) is 5.72. The van der Waals surface area contributed by atoms with Crippen molar-refractivity contribution in [3.05, 3.63) is 29.8 Å². The van der Waals surface area contributed by atoms with Gasteiger partial charge in [-0.2, -0.15) is 0 Å². The lowest BCUT2D eigenvalue weighted by atomic mass is 9.97. The fraction of sp³-hybridized carbons (Fsp3) is 0.625. The van der Waals surface area contributed by atoms with E-state index in [-0.39, 0.29) is 0 Å². The number of para-hydroxylation sites is 1. The zero-order chi connectivity index (χ0) is 14.1. The van der Waals surface area contributed by atoms with Crippen LogP contribution in [0.25, 0.3) is 0 Å². The standard InChI is InChI=1S/C16H27NO2/c1-13(2)9-10-15(17-3)14-7-5-6-8-16(14)19-12-11-18-4/h5-8,13,15,17H,9-12H2,1-4H3. The van der Waals surface area contributed by atoms with E-state index < -0.39 is 0 Å². The van der Waals surface area contributed by atoms with Crippen LogP contribution in [0.1, 0.15) is 38.3 Å². The third kappa shape index (κ3) is 5.62. The van der Waals surface area contributed by atoms with Crippen LogP contribution in [0.5, 0.6) is 5.75 Å². The summed E-state index contributed by atoms with van der Waals surface area (Å²) in [7, 11) is 3.70. The third-order valence-corrected chi connectivity index (χ3v) is 3.22. The van der Waals surface area contributed by atoms with Crippen molar-refractivity contribution in [3.8, 4) is 5.75 Å². The molecule has 3 nitrogen and oxygen atoms in total. The monoisotopic (exact) mass is 265 g/mol. The van der Waals surface area contributed by atoms with E-state index in [9.17, 15) is 0 Å². The average Bonchev–Trinajstić information content (AvgIpc) is 2.41. The number of ether oxygens (including phenoxy) is 2. The Labute approximate surface area is 117 Å². The molecule has 0 fully saturated rings. The lowest BCUT2D eigenvalue weighted by molar-refractivity contribution is 0.145. The predicted molar refractivity (Wildman–Crippen MR) is 79.7 cm³/mol. The lowest BCUT2D eigenvalue weighted by Gasteiger charge is -2.21. The van der Waals surface area contributed by atoms with Crippen LogP contribution in [0.4, 0.5) is 0 Å². The number of hydrogen-bond acceptors (Lipinski definition) is 3. The Morgan fingerprint density at radius 2 is 1.84 bits per heavy atom. The second kappa shape index (κ2) is 8.94. The van der Waals surface area contributed by atoms with Gasteiger partial charge >= 0.3 is 0 Å². The molecule has 0 heterocycles. The first kappa shape index (κ1) is 16.0. The molecule has 0 aromatic heterocycles. The molecule has 1 aromatic rings. The highest BCUT2D eigenvalue weighted by Gasteiger charge is 2.14. The molecule has 1 N–H and O–H groups in total. The van der Waals surface area contributed by atoms with Gasteiger partial charge in [0.2, 0.25) is 0 Å². The van der Waals surface area contributed by atoms with Crippen LogP contribution in [0.2, 0.25) is 0 Å². The zero-order valence-corrected chi connectivity index (χ0v) is 12.6. The summed E-state index contributed by atoms with van der Waals surface area (Å²) in [5.74, 6) is 1.68. The molecule has 19 heavy (non-hydrogen) atoms. The molecule has 0 radical (unpaired) electrons. The average molecular weight is 265 g/mol. The Kier molecular flexibility index (Phi) is 7.53. The first-order valence-electron chi connectivity index (χ1n) is 7.07. The van der Waals surface area contributed by atoms with Crippen molar-refractivity contribution in [1.82, 2.24) is 5.32 Å². The molecule has 0 saturated heterocycles. The van der Waals surface area contributed by atoms with Crippen molar-refractivity contribution in [3.63, 3.8) is 0 Å². The number of nitrogens with one attached hydrogen (secondary N) is 1. The molecule has 0 bridgehead atoms. The normalized spacial score (nSPS) is 12.7. The van der Waals surface area contributed by atoms with Crippen LogP contribution in [-0.2, 0) is 4.74 Å². The van der Waals surface area contributed by atoms with E-state index in [0.717, 1.165) is 18.1 Å². The highest BCUT2D eigenvalue weighted by atomic mass is 16.5. The zero-order valence-electron chi connectivity index (χ0n) is 12.6. The summed E-state index contributed by atoms with van der Waals surface area (Å²) in [6, 6.07) is 8.61. The number of methoxy groups -OCH3 is 1. The molecule has 108 valence electrons. The maximum atomic E-state index is 5.80. The van der Waals surface area contributed by atoms with Gasteiger partial charge < -0.3 is 14.8 Å². The highest BCUT2D eigenvalue weighted by Crippen LogP contribution is 2.28. The van der Waals surface area contributed by atoms with Gasteiger partial charge in [0.05, 0.1) is 6.61 Å². The van der Waals surface area contributed by atoms with Crippen molar-refractivity contribution in [1.29, 1.82) is 0 Å². The molecule has 0 aliphatic carbocycles. The van der Waals surface area contributed by atoms with Gasteiger partial charge in [-0.1, -0.05) is 32.0 Å². The number of rotatable bonds is 9. The second-order valence-corrected chi connectivity index (χ2v) is 5.19. The second-order valence-electron chi connectivity index (χ2n) is 5.19. The van der Waals surface area contributed by atoms with E-state index in [1.54, 1.807) is 7.11 Å². The Morgan fingerprint density at radius 1 is 1.11 bits per heavy atom. The van der Waals surface area contributed by atoms with Crippen molar-refractivity contribution in [2.45, 2.75) is 32.7 Å². The number of benzene rings is 1. The summed E-state index contributed by atoms with van der Waals surface area (Å²) in [5, 5.41) is 3.39. The molecule has 1 rings (SSSR count). The Bertz CT molecular complexity index is 352. The molecular formula is C16H27NO2. The molecule has 3 heteroatoms. The summed E-state index contributed by atoms with van der Waals surface area (Å²) < 4.78 is 10.8. The van der Waals surface area contributed by atoms with E-state index in [1.165, 1.54) is 12.0 Å². The van der Waals surface area contributed by atoms with Crippen molar-refractivity contribution >= 4 is 0 Å². The van der Waals surface area contributed by atoms with Crippen LogP contribution in [0, 0.1) is 5.92 Å². The van der Waals surface area contributed by atoms with E-state index in [0.29, 0.717) is 19.3 Å². The Hall–Kier alpha value is -1.06. The Morgan fingerprint density at radius 3 is 2.47 bits per heavy atom. The van der Waals surface area contributed by atoms with Crippen molar-refractivity contribution in [2.75, 3.05) is 27.4 Å². The molecule has 0 saturated carbocycles. The molecule has 1 unspecified atom stereocenters. The maximum absolute atomic E-state index is 5.80. The summed E-state index contributed by atoms with van der Waals surface area (Å²) in [5.41, 5.74) is 1.24. The van der Waals surface area contributed by atoms with Gasteiger partial charge in [-0.3, -0.25) is 0 Å². The van der Waals surface area contributed by atoms with Crippen molar-refractivity contribution < 1.29 is 9.47 Å². The fourth-order valence-electron chi connectivity index (χ4n) is 2.09. The topological polar surface area (TPSA) is 30.5 Å². The first-order valence-corrected chi connectivity index (χ1v) is 7.07. The largest absolute Gasteiger partial charge is 0.491 e. The van der Waals surface area contributed by atoms with Gasteiger partial charge in [-0.05, 0) is 31.9 Å². The molecule has 0 aliphatic heterocycles. The van der Waals surface area contributed by atoms with Gasteiger partial charge in [0.1, 0.15) is 12.4 Å². The minimum absolute atomic E-state index is 0.348. The van der Waals surface area contributed by atoms with E-state index in [1.807, 2.05) is 19.2 Å². The Balaban J connectivity index is 2.72. The SMILES string of the molecule is CNC(CCC(C)C)c1ccccc1OCCOC. The third-order valence-electron chi connectivity index (χ3n) is 3.22. The minimum atomic E-state index is 0.348. The van der Waals surface area contributed by atoms with Crippen LogP contribution in [0.3, 0.4) is 0 Å². The van der Waals surface area contributed by atoms with Crippen molar-refractivity contribution in [2.24, 2.45) is 5.92 Å². The molecule has 1 aromatic carbocycles. The summed E-state index contributed by atoms with van der Waals surface area (Å²) in [6.07, 6.45) is 2.33. The van der Waals surface area contributed by atoms with Gasteiger partial charge in [0, 0.05) is 18.7 Å². The fourth-order valence-corrected chi connectivity index (χ4v) is 2.09. The molecule has 0 spiro atoms. The van der Waals surface area contributed by atoms with Gasteiger partial charge in [0.25, 0.3) is 0 Å². The highest BCUT2D eigenvalue weighted by molar-refractivity contribution is 5.35. The van der Waals surface area contributed by atoms with E-state index in [4.69, 9.17) is 9.47 Å². The first-order chi connectivity index (χ1) is 9.19. The molecule has 1 atom stereocenters. The maximum Gasteiger partial charge on any atom is 0.124 e. The van der Waals surface area contributed by atoms with E-state index >= 15 is 0 Å². The summed E-state index contributed by atoms with van der Waals surface area (Å²) in [4.78, 5) is 0. The van der Waals surface area contributed by atoms with Crippen LogP contribution in [0.15, 0.2) is 24.3 Å². The van der Waals surface area contributed by atoms with Crippen LogP contribution >= 0.6 is 0 Å². The van der Waals surface area contributed by atoms with Crippen LogP contribution in [-0.4, -0.2) is 27.4 Å². The number of hydrogen-bond donors (Lipinski definition) is 1. The van der Waals surface area contributed by atoms with Gasteiger partial charge in [0.15, 0.2) is 0 Å². The lowest BCUT2D eigenvalue weighted by Crippen LogP contribution is -2.18. The molecule has 0 amide bonds.